The summed E-state index contributed by atoms with van der Waals surface area (Å²) < 4.78 is 1.51. The van der Waals surface area contributed by atoms with Gasteiger partial charge >= 0.3 is 0 Å². The Balaban J connectivity index is 1.30. The Morgan fingerprint density at radius 3 is 3.12 bits per heavy atom. The van der Waals surface area contributed by atoms with E-state index in [1.165, 1.54) is 57.7 Å². The Kier molecular flexibility index (Phi) is 4.33. The maximum atomic E-state index is 12.0. The summed E-state index contributed by atoms with van der Waals surface area (Å²) >= 11 is 4.28. The van der Waals surface area contributed by atoms with Crippen LogP contribution in [0.25, 0.3) is 4.96 Å². The normalized spacial score (nSPS) is 14.2. The van der Waals surface area contributed by atoms with Crippen molar-refractivity contribution >= 4 is 50.4 Å². The maximum Gasteiger partial charge on any atom is 0.258 e. The summed E-state index contributed by atoms with van der Waals surface area (Å²) in [5.74, 6) is 1.22. The standard InChI is InChI=1S/C14H13N5O2S3/c20-10(16-13-18-17-12(24-13)8-1-2-8)7-22-6-9-5-11(21)19-3-4-23-14(19)15-9/h3-5,8H,1-2,6-7H2,(H,16,18,20). The van der Waals surface area contributed by atoms with Gasteiger partial charge in [-0.3, -0.25) is 19.3 Å². The summed E-state index contributed by atoms with van der Waals surface area (Å²) in [5, 5.41) is 14.2. The number of thiazole rings is 1. The van der Waals surface area contributed by atoms with Crippen molar-refractivity contribution in [1.29, 1.82) is 0 Å². The minimum Gasteiger partial charge on any atom is -0.300 e. The summed E-state index contributed by atoms with van der Waals surface area (Å²) in [7, 11) is 0. The molecule has 3 aromatic heterocycles. The predicted octanol–water partition coefficient (Wildman–Crippen LogP) is 2.36. The van der Waals surface area contributed by atoms with Crippen molar-refractivity contribution in [2.24, 2.45) is 0 Å². The second-order valence-corrected chi connectivity index (χ2v) is 8.27. The summed E-state index contributed by atoms with van der Waals surface area (Å²) in [6.45, 7) is 0. The molecular weight excluding hydrogens is 366 g/mol. The van der Waals surface area contributed by atoms with Gasteiger partial charge in [0.25, 0.3) is 5.56 Å². The van der Waals surface area contributed by atoms with Crippen LogP contribution in [0.3, 0.4) is 0 Å². The minimum absolute atomic E-state index is 0.0947. The molecule has 4 rings (SSSR count). The number of nitrogens with zero attached hydrogens (tertiary/aromatic N) is 4. The topological polar surface area (TPSA) is 89.2 Å². The maximum absolute atomic E-state index is 12.0. The van der Waals surface area contributed by atoms with Crippen LogP contribution in [0.5, 0.6) is 0 Å². The van der Waals surface area contributed by atoms with Gasteiger partial charge in [0.1, 0.15) is 5.01 Å². The third-order valence-corrected chi connectivity index (χ3v) is 6.18. The van der Waals surface area contributed by atoms with Gasteiger partial charge in [-0.05, 0) is 12.8 Å². The summed E-state index contributed by atoms with van der Waals surface area (Å²) in [6, 6.07) is 1.51. The molecule has 124 valence electrons. The molecule has 0 atom stereocenters. The largest absolute Gasteiger partial charge is 0.300 e. The lowest BCUT2D eigenvalue weighted by atomic mass is 10.4. The molecule has 1 aliphatic carbocycles. The molecule has 0 saturated heterocycles. The van der Waals surface area contributed by atoms with E-state index in [1.807, 2.05) is 5.38 Å². The van der Waals surface area contributed by atoms with Gasteiger partial charge in [-0.25, -0.2) is 4.98 Å². The number of carbonyl (C=O) groups excluding carboxylic acids is 1. The van der Waals surface area contributed by atoms with Crippen molar-refractivity contribution in [3.8, 4) is 0 Å². The highest BCUT2D eigenvalue weighted by atomic mass is 32.2. The highest BCUT2D eigenvalue weighted by Crippen LogP contribution is 2.42. The number of rotatable bonds is 6. The van der Waals surface area contributed by atoms with Gasteiger partial charge in [-0.15, -0.1) is 33.3 Å². The zero-order chi connectivity index (χ0) is 16.5. The van der Waals surface area contributed by atoms with E-state index in [-0.39, 0.29) is 17.2 Å². The van der Waals surface area contributed by atoms with E-state index in [9.17, 15) is 9.59 Å². The Morgan fingerprint density at radius 1 is 1.42 bits per heavy atom. The molecule has 0 aromatic carbocycles. The van der Waals surface area contributed by atoms with Crippen molar-refractivity contribution in [2.75, 3.05) is 11.1 Å². The Bertz CT molecular complexity index is 943. The van der Waals surface area contributed by atoms with Crippen molar-refractivity contribution in [1.82, 2.24) is 19.6 Å². The fraction of sp³-hybridized carbons (Fsp3) is 0.357. The predicted molar refractivity (Wildman–Crippen MR) is 96.0 cm³/mol. The third kappa shape index (κ3) is 3.50. The summed E-state index contributed by atoms with van der Waals surface area (Å²) in [4.78, 5) is 28.9. The van der Waals surface area contributed by atoms with Gasteiger partial charge in [0.05, 0.1) is 11.4 Å². The van der Waals surface area contributed by atoms with E-state index in [4.69, 9.17) is 0 Å². The Morgan fingerprint density at radius 2 is 2.29 bits per heavy atom. The summed E-state index contributed by atoms with van der Waals surface area (Å²) in [5.41, 5.74) is 0.593. The van der Waals surface area contributed by atoms with Crippen LogP contribution in [-0.4, -0.2) is 31.2 Å². The van der Waals surface area contributed by atoms with E-state index in [2.05, 4.69) is 20.5 Å². The van der Waals surface area contributed by atoms with E-state index in [1.54, 1.807) is 6.20 Å². The van der Waals surface area contributed by atoms with Gasteiger partial charge in [0, 0.05) is 29.3 Å². The fourth-order valence-corrected chi connectivity index (χ4v) is 4.53. The molecule has 3 aromatic rings. The van der Waals surface area contributed by atoms with Crippen molar-refractivity contribution in [2.45, 2.75) is 24.5 Å². The number of hydrogen-bond acceptors (Lipinski definition) is 8. The van der Waals surface area contributed by atoms with Crippen LogP contribution < -0.4 is 10.9 Å². The molecule has 1 fully saturated rings. The number of thioether (sulfide) groups is 1. The highest BCUT2D eigenvalue weighted by Gasteiger charge is 2.27. The quantitative estimate of drug-likeness (QED) is 0.707. The first-order valence-electron chi connectivity index (χ1n) is 7.36. The number of carbonyl (C=O) groups is 1. The molecule has 1 amide bonds. The highest BCUT2D eigenvalue weighted by molar-refractivity contribution is 7.99. The molecule has 0 radical (unpaired) electrons. The average Bonchev–Trinajstić information content (AvgIpc) is 3.10. The van der Waals surface area contributed by atoms with E-state index in [0.29, 0.717) is 27.5 Å². The zero-order valence-corrected chi connectivity index (χ0v) is 14.9. The second-order valence-electron chi connectivity index (χ2n) is 5.40. The first-order valence-corrected chi connectivity index (χ1v) is 10.2. The van der Waals surface area contributed by atoms with Crippen LogP contribution in [0.2, 0.25) is 0 Å². The molecule has 10 heteroatoms. The summed E-state index contributed by atoms with van der Waals surface area (Å²) in [6.07, 6.45) is 4.04. The van der Waals surface area contributed by atoms with Crippen molar-refractivity contribution in [3.63, 3.8) is 0 Å². The molecule has 7 nitrogen and oxygen atoms in total. The van der Waals surface area contributed by atoms with Gasteiger partial charge in [0.2, 0.25) is 11.0 Å². The SMILES string of the molecule is O=C(CSCc1cc(=O)n2ccsc2n1)Nc1nnc(C2CC2)s1. The fourth-order valence-electron chi connectivity index (χ4n) is 2.15. The lowest BCUT2D eigenvalue weighted by molar-refractivity contribution is -0.113. The molecule has 1 saturated carbocycles. The van der Waals surface area contributed by atoms with Gasteiger partial charge in [-0.1, -0.05) is 11.3 Å². The monoisotopic (exact) mass is 379 g/mol. The average molecular weight is 379 g/mol. The van der Waals surface area contributed by atoms with Crippen LogP contribution in [-0.2, 0) is 10.5 Å². The number of aromatic nitrogens is 4. The van der Waals surface area contributed by atoms with E-state index < -0.39 is 0 Å². The zero-order valence-electron chi connectivity index (χ0n) is 12.5. The second kappa shape index (κ2) is 6.61. The third-order valence-electron chi connectivity index (χ3n) is 3.45. The molecular formula is C14H13N5O2S3. The van der Waals surface area contributed by atoms with Crippen LogP contribution in [0.15, 0.2) is 22.4 Å². The van der Waals surface area contributed by atoms with Crippen LogP contribution in [0, 0.1) is 0 Å². The number of anilines is 1. The lowest BCUT2D eigenvalue weighted by Gasteiger charge is -2.02. The number of amides is 1. The lowest BCUT2D eigenvalue weighted by Crippen LogP contribution is -2.15. The van der Waals surface area contributed by atoms with E-state index >= 15 is 0 Å². The van der Waals surface area contributed by atoms with Gasteiger partial charge in [-0.2, -0.15) is 0 Å². The first kappa shape index (κ1) is 15.7. The molecule has 0 bridgehead atoms. The Labute approximate surface area is 149 Å². The molecule has 1 aliphatic rings. The molecule has 0 aliphatic heterocycles. The Hall–Kier alpha value is -1.78. The van der Waals surface area contributed by atoms with Gasteiger partial charge in [0.15, 0.2) is 4.96 Å². The molecule has 3 heterocycles. The number of hydrogen-bond donors (Lipinski definition) is 1. The smallest absolute Gasteiger partial charge is 0.258 e. The van der Waals surface area contributed by atoms with Crippen LogP contribution in [0.1, 0.15) is 29.5 Å². The van der Waals surface area contributed by atoms with E-state index in [0.717, 1.165) is 5.01 Å². The van der Waals surface area contributed by atoms with Crippen molar-refractivity contribution in [3.05, 3.63) is 38.7 Å². The van der Waals surface area contributed by atoms with Crippen molar-refractivity contribution < 1.29 is 4.79 Å². The minimum atomic E-state index is -0.118. The molecule has 24 heavy (non-hydrogen) atoms. The molecule has 1 N–H and O–H groups in total. The van der Waals surface area contributed by atoms with Crippen LogP contribution >= 0.6 is 34.4 Å². The molecule has 0 unspecified atom stereocenters. The number of fused-ring (bicyclic) bond motifs is 1. The molecule has 0 spiro atoms. The first-order chi connectivity index (χ1) is 11.7. The van der Waals surface area contributed by atoms with Gasteiger partial charge < -0.3 is 0 Å². The van der Waals surface area contributed by atoms with Crippen LogP contribution in [0.4, 0.5) is 5.13 Å². The number of nitrogens with one attached hydrogen (secondary N) is 1.